The summed E-state index contributed by atoms with van der Waals surface area (Å²) in [5.74, 6) is 0.557. The number of benzene rings is 3. The molecule has 6 rings (SSSR count). The Balaban J connectivity index is 1.31. The smallest absolute Gasteiger partial charge is 0.265 e. The van der Waals surface area contributed by atoms with Crippen LogP contribution in [0, 0.1) is 5.92 Å². The van der Waals surface area contributed by atoms with E-state index >= 15 is 0 Å². The summed E-state index contributed by atoms with van der Waals surface area (Å²) >= 11 is 0. The van der Waals surface area contributed by atoms with Crippen molar-refractivity contribution in [1.82, 2.24) is 5.32 Å². The first kappa shape index (κ1) is 26.3. The number of anilines is 2. The lowest BCUT2D eigenvalue weighted by Gasteiger charge is -2.36. The molecule has 8 heteroatoms. The number of nitrogens with zero attached hydrogens (tertiary/aromatic N) is 2. The molecular weight excluding hydrogens is 506 g/mol. The number of aliphatic hydroxyl groups is 1. The molecule has 2 heterocycles. The Bertz CT molecular complexity index is 1400. The summed E-state index contributed by atoms with van der Waals surface area (Å²) in [5.41, 5.74) is 4.22. The molecule has 0 bridgehead atoms. The summed E-state index contributed by atoms with van der Waals surface area (Å²) < 4.78 is 5.68. The van der Waals surface area contributed by atoms with Gasteiger partial charge in [0.1, 0.15) is 11.5 Å². The number of phenols is 1. The topological polar surface area (TPSA) is 102 Å². The number of para-hydroxylation sites is 1. The zero-order chi connectivity index (χ0) is 27.6. The maximum atomic E-state index is 14.4. The van der Waals surface area contributed by atoms with E-state index in [-0.39, 0.29) is 48.7 Å². The molecule has 3 N–H and O–H groups in total. The fraction of sp³-hybridized carbons (Fsp3) is 0.375. The molecule has 3 aromatic rings. The number of amides is 2. The summed E-state index contributed by atoms with van der Waals surface area (Å²) in [6, 6.07) is 21.3. The van der Waals surface area contributed by atoms with Crippen molar-refractivity contribution in [1.29, 1.82) is 0 Å². The minimum atomic E-state index is -0.256. The lowest BCUT2D eigenvalue weighted by Crippen LogP contribution is -2.47. The summed E-state index contributed by atoms with van der Waals surface area (Å²) in [5, 5.41) is 23.2. The van der Waals surface area contributed by atoms with Gasteiger partial charge in [-0.1, -0.05) is 42.5 Å². The first-order chi connectivity index (χ1) is 19.5. The maximum Gasteiger partial charge on any atom is 0.265 e. The molecule has 3 aliphatic rings. The van der Waals surface area contributed by atoms with Crippen LogP contribution in [0.25, 0.3) is 11.1 Å². The summed E-state index contributed by atoms with van der Waals surface area (Å²) in [7, 11) is 0. The second-order valence-corrected chi connectivity index (χ2v) is 10.9. The Hall–Kier alpha value is -3.88. The number of carbonyl (C=O) groups excluding carboxylic acids is 2. The number of carbonyl (C=O) groups is 2. The number of aromatic hydroxyl groups is 1. The molecule has 208 valence electrons. The monoisotopic (exact) mass is 541 g/mol. The van der Waals surface area contributed by atoms with E-state index in [0.717, 1.165) is 48.2 Å². The molecule has 1 aliphatic carbocycles. The second kappa shape index (κ2) is 11.3. The molecule has 2 atom stereocenters. The molecule has 1 saturated carbocycles. The van der Waals surface area contributed by atoms with Gasteiger partial charge in [0.05, 0.1) is 11.6 Å². The van der Waals surface area contributed by atoms with Crippen LogP contribution in [0.15, 0.2) is 66.7 Å². The second-order valence-electron chi connectivity index (χ2n) is 10.9. The van der Waals surface area contributed by atoms with Gasteiger partial charge in [0.15, 0.2) is 6.61 Å². The number of rotatable bonds is 8. The molecule has 3 aromatic carbocycles. The van der Waals surface area contributed by atoms with Crippen LogP contribution >= 0.6 is 0 Å². The minimum absolute atomic E-state index is 0.00644. The molecule has 1 saturated heterocycles. The number of ether oxygens (including phenoxy) is 1. The summed E-state index contributed by atoms with van der Waals surface area (Å²) in [6.45, 7) is 1.78. The highest BCUT2D eigenvalue weighted by atomic mass is 16.5. The molecule has 0 unspecified atom stereocenters. The van der Waals surface area contributed by atoms with Crippen molar-refractivity contribution in [3.63, 3.8) is 0 Å². The van der Waals surface area contributed by atoms with E-state index in [9.17, 15) is 19.8 Å². The lowest BCUT2D eigenvalue weighted by atomic mass is 9.79. The molecule has 0 aromatic heterocycles. The van der Waals surface area contributed by atoms with Crippen molar-refractivity contribution < 1.29 is 24.5 Å². The van der Waals surface area contributed by atoms with E-state index < -0.39 is 0 Å². The van der Waals surface area contributed by atoms with Gasteiger partial charge in [0, 0.05) is 37.0 Å². The fourth-order valence-electron chi connectivity index (χ4n) is 6.02. The highest BCUT2D eigenvalue weighted by Crippen LogP contribution is 2.42. The molecule has 2 aliphatic heterocycles. The summed E-state index contributed by atoms with van der Waals surface area (Å²) in [6.07, 6.45) is 3.19. The molecule has 8 nitrogen and oxygen atoms in total. The van der Waals surface area contributed by atoms with Gasteiger partial charge in [0.2, 0.25) is 5.91 Å². The molecule has 0 spiro atoms. The molecule has 2 amide bonds. The quantitative estimate of drug-likeness (QED) is 0.398. The van der Waals surface area contributed by atoms with Gasteiger partial charge < -0.3 is 30.1 Å². The zero-order valence-electron chi connectivity index (χ0n) is 22.5. The van der Waals surface area contributed by atoms with Crippen LogP contribution in [-0.4, -0.2) is 60.9 Å². The molecule has 2 fully saturated rings. The normalized spacial score (nSPS) is 20.5. The number of hydrogen-bond acceptors (Lipinski definition) is 6. The first-order valence-electron chi connectivity index (χ1n) is 14.2. The van der Waals surface area contributed by atoms with Crippen LogP contribution in [0.2, 0.25) is 0 Å². The van der Waals surface area contributed by atoms with Gasteiger partial charge in [-0.3, -0.25) is 9.59 Å². The largest absolute Gasteiger partial charge is 0.507 e. The molecule has 40 heavy (non-hydrogen) atoms. The Morgan fingerprint density at radius 2 is 1.90 bits per heavy atom. The van der Waals surface area contributed by atoms with Gasteiger partial charge in [-0.2, -0.15) is 0 Å². The zero-order valence-corrected chi connectivity index (χ0v) is 22.5. The van der Waals surface area contributed by atoms with E-state index in [2.05, 4.69) is 17.4 Å². The Morgan fingerprint density at radius 1 is 1.05 bits per heavy atom. The van der Waals surface area contributed by atoms with Crippen molar-refractivity contribution in [3.05, 3.63) is 72.3 Å². The Kier molecular flexibility index (Phi) is 7.45. The van der Waals surface area contributed by atoms with Crippen molar-refractivity contribution in [2.45, 2.75) is 37.6 Å². The number of hydrogen-bond donors (Lipinski definition) is 3. The Labute approximate surface area is 234 Å². The molecular formula is C32H35N3O5. The average Bonchev–Trinajstić information content (AvgIpc) is 3.82. The van der Waals surface area contributed by atoms with Crippen LogP contribution in [-0.2, 0) is 9.59 Å². The van der Waals surface area contributed by atoms with Gasteiger partial charge in [-0.05, 0) is 73.5 Å². The van der Waals surface area contributed by atoms with Crippen molar-refractivity contribution >= 4 is 23.2 Å². The van der Waals surface area contributed by atoms with Crippen molar-refractivity contribution in [3.8, 4) is 22.6 Å². The minimum Gasteiger partial charge on any atom is -0.507 e. The van der Waals surface area contributed by atoms with E-state index in [1.165, 1.54) is 0 Å². The number of piperidine rings is 1. The fourth-order valence-corrected chi connectivity index (χ4v) is 6.02. The SMILES string of the molecule is O=C1COc2ccc(N(C(=O)[C@H]3CNCC[C@@H]3c3cccc(-c4ccccc4O)c3)C3CC3)cc2N1CCCO. The standard InChI is InChI=1S/C32H35N3O5/c36-16-4-15-34-28-18-24(11-12-30(28)40-20-31(34)38)35(23-9-10-23)32(39)27-19-33-14-13-25(27)21-5-3-6-22(17-21)26-7-1-2-8-29(26)37/h1-3,5-8,11-12,17-18,23,25,27,33,36-37H,4,9-10,13-16,19-20H2/t25-,27+/m1/s1. The van der Waals surface area contributed by atoms with Gasteiger partial charge >= 0.3 is 0 Å². The van der Waals surface area contributed by atoms with E-state index in [1.807, 2.05) is 53.4 Å². The highest BCUT2D eigenvalue weighted by molar-refractivity contribution is 6.01. The number of nitrogens with one attached hydrogen (secondary N) is 1. The van der Waals surface area contributed by atoms with Crippen molar-refractivity contribution in [2.75, 3.05) is 42.6 Å². The summed E-state index contributed by atoms with van der Waals surface area (Å²) in [4.78, 5) is 30.6. The molecule has 0 radical (unpaired) electrons. The number of fused-ring (bicyclic) bond motifs is 1. The van der Waals surface area contributed by atoms with E-state index in [0.29, 0.717) is 30.9 Å². The third-order valence-electron chi connectivity index (χ3n) is 8.18. The Morgan fingerprint density at radius 3 is 2.70 bits per heavy atom. The van der Waals surface area contributed by atoms with E-state index in [1.54, 1.807) is 11.0 Å². The van der Waals surface area contributed by atoms with Gasteiger partial charge in [0.25, 0.3) is 5.91 Å². The van der Waals surface area contributed by atoms with Gasteiger partial charge in [-0.25, -0.2) is 0 Å². The van der Waals surface area contributed by atoms with Gasteiger partial charge in [-0.15, -0.1) is 0 Å². The maximum absolute atomic E-state index is 14.4. The number of phenolic OH excluding ortho intramolecular Hbond substituents is 1. The third-order valence-corrected chi connectivity index (χ3v) is 8.18. The average molecular weight is 542 g/mol. The van der Waals surface area contributed by atoms with Crippen LogP contribution in [0.5, 0.6) is 11.5 Å². The third kappa shape index (κ3) is 5.17. The van der Waals surface area contributed by atoms with Crippen LogP contribution in [0.3, 0.4) is 0 Å². The van der Waals surface area contributed by atoms with Crippen molar-refractivity contribution in [2.24, 2.45) is 5.92 Å². The lowest BCUT2D eigenvalue weighted by molar-refractivity contribution is -0.123. The van der Waals surface area contributed by atoms with E-state index in [4.69, 9.17) is 4.74 Å². The van der Waals surface area contributed by atoms with Crippen LogP contribution in [0.4, 0.5) is 11.4 Å². The first-order valence-corrected chi connectivity index (χ1v) is 14.2. The highest BCUT2D eigenvalue weighted by Gasteiger charge is 2.41. The number of aliphatic hydroxyl groups excluding tert-OH is 1. The predicted molar refractivity (Wildman–Crippen MR) is 154 cm³/mol. The van der Waals surface area contributed by atoms with Crippen LogP contribution < -0.4 is 19.9 Å². The van der Waals surface area contributed by atoms with Crippen LogP contribution in [0.1, 0.15) is 37.2 Å². The predicted octanol–water partition coefficient (Wildman–Crippen LogP) is 4.06.